The van der Waals surface area contributed by atoms with Crippen LogP contribution in [-0.2, 0) is 4.79 Å². The van der Waals surface area contributed by atoms with Crippen LogP contribution in [0.15, 0.2) is 0 Å². The van der Waals surface area contributed by atoms with Gasteiger partial charge in [-0.05, 0) is 25.7 Å². The summed E-state index contributed by atoms with van der Waals surface area (Å²) in [6.07, 6.45) is 4.02. The largest absolute Gasteiger partial charge is 0.308 e. The highest BCUT2D eigenvalue weighted by atomic mass is 16.1. The van der Waals surface area contributed by atoms with E-state index in [0.29, 0.717) is 24.3 Å². The van der Waals surface area contributed by atoms with Gasteiger partial charge in [-0.2, -0.15) is 0 Å². The van der Waals surface area contributed by atoms with Crippen molar-refractivity contribution < 1.29 is 4.79 Å². The van der Waals surface area contributed by atoms with Gasteiger partial charge in [0.05, 0.1) is 6.54 Å². The third-order valence-electron chi connectivity index (χ3n) is 2.50. The van der Waals surface area contributed by atoms with Crippen molar-refractivity contribution in [2.75, 3.05) is 6.54 Å². The van der Waals surface area contributed by atoms with Gasteiger partial charge in [0.15, 0.2) is 0 Å². The zero-order valence-corrected chi connectivity index (χ0v) is 10.1. The Kier molecular flexibility index (Phi) is 7.77. The van der Waals surface area contributed by atoms with Crippen LogP contribution < -0.4 is 5.32 Å². The molecular weight excluding hydrogens is 174 g/mol. The maximum absolute atomic E-state index is 11.4. The summed E-state index contributed by atoms with van der Waals surface area (Å²) >= 11 is 0. The molecule has 2 heteroatoms. The Morgan fingerprint density at radius 2 is 1.93 bits per heavy atom. The topological polar surface area (TPSA) is 29.1 Å². The number of hydrogen-bond donors (Lipinski definition) is 1. The fourth-order valence-corrected chi connectivity index (χ4v) is 1.23. The van der Waals surface area contributed by atoms with Gasteiger partial charge in [0.1, 0.15) is 5.78 Å². The molecule has 0 radical (unpaired) electrons. The van der Waals surface area contributed by atoms with Gasteiger partial charge in [0, 0.05) is 12.5 Å². The molecule has 0 bridgehead atoms. The average Bonchev–Trinajstić information content (AvgIpc) is 2.13. The van der Waals surface area contributed by atoms with Crippen molar-refractivity contribution in [2.45, 2.75) is 59.4 Å². The molecular formula is C12H25NO. The van der Waals surface area contributed by atoms with E-state index in [4.69, 9.17) is 0 Å². The third-order valence-corrected chi connectivity index (χ3v) is 2.50. The molecule has 0 rings (SSSR count). The molecule has 0 aromatic rings. The second kappa shape index (κ2) is 7.98. The van der Waals surface area contributed by atoms with Gasteiger partial charge in [-0.1, -0.05) is 27.2 Å². The first kappa shape index (κ1) is 13.6. The molecule has 0 heterocycles. The lowest BCUT2D eigenvalue weighted by Crippen LogP contribution is -2.30. The monoisotopic (exact) mass is 199 g/mol. The number of ketones is 1. The molecule has 1 unspecified atom stereocenters. The number of nitrogens with one attached hydrogen (secondary N) is 1. The van der Waals surface area contributed by atoms with Crippen molar-refractivity contribution in [2.24, 2.45) is 5.92 Å². The Bertz CT molecular complexity index is 154. The Morgan fingerprint density at radius 3 is 2.43 bits per heavy atom. The first-order chi connectivity index (χ1) is 6.56. The quantitative estimate of drug-likeness (QED) is 0.651. The van der Waals surface area contributed by atoms with E-state index in [2.05, 4.69) is 33.0 Å². The summed E-state index contributed by atoms with van der Waals surface area (Å²) in [7, 11) is 0. The summed E-state index contributed by atoms with van der Waals surface area (Å²) < 4.78 is 0. The second-order valence-electron chi connectivity index (χ2n) is 4.51. The molecule has 0 saturated carbocycles. The average molecular weight is 199 g/mol. The molecule has 0 fully saturated rings. The van der Waals surface area contributed by atoms with Crippen LogP contribution in [0.1, 0.15) is 53.4 Å². The fourth-order valence-electron chi connectivity index (χ4n) is 1.23. The number of rotatable bonds is 8. The minimum atomic E-state index is 0.353. The van der Waals surface area contributed by atoms with Gasteiger partial charge >= 0.3 is 0 Å². The highest BCUT2D eigenvalue weighted by Crippen LogP contribution is 2.06. The SMILES string of the molecule is CCC(C)NCC(=O)CCCC(C)C. The molecule has 0 aliphatic rings. The highest BCUT2D eigenvalue weighted by molar-refractivity contribution is 5.80. The zero-order valence-electron chi connectivity index (χ0n) is 10.1. The highest BCUT2D eigenvalue weighted by Gasteiger charge is 2.04. The predicted molar refractivity (Wildman–Crippen MR) is 61.5 cm³/mol. The summed E-state index contributed by atoms with van der Waals surface area (Å²) in [4.78, 5) is 11.4. The minimum absolute atomic E-state index is 0.353. The summed E-state index contributed by atoms with van der Waals surface area (Å²) in [6.45, 7) is 9.18. The molecule has 0 aliphatic carbocycles. The van der Waals surface area contributed by atoms with Crippen molar-refractivity contribution in [1.82, 2.24) is 5.32 Å². The first-order valence-electron chi connectivity index (χ1n) is 5.81. The van der Waals surface area contributed by atoms with Crippen LogP contribution in [0, 0.1) is 5.92 Å². The molecule has 1 atom stereocenters. The van der Waals surface area contributed by atoms with Crippen molar-refractivity contribution in [3.05, 3.63) is 0 Å². The standard InChI is InChI=1S/C12H25NO/c1-5-11(4)13-9-12(14)8-6-7-10(2)3/h10-11,13H,5-9H2,1-4H3. The molecule has 0 amide bonds. The van der Waals surface area contributed by atoms with E-state index in [1.165, 1.54) is 0 Å². The van der Waals surface area contributed by atoms with E-state index in [-0.39, 0.29) is 0 Å². The van der Waals surface area contributed by atoms with Gasteiger partial charge in [-0.15, -0.1) is 0 Å². The third kappa shape index (κ3) is 8.24. The van der Waals surface area contributed by atoms with E-state index >= 15 is 0 Å². The van der Waals surface area contributed by atoms with Crippen LogP contribution in [0.4, 0.5) is 0 Å². The number of carbonyl (C=O) groups is 1. The predicted octanol–water partition coefficient (Wildman–Crippen LogP) is 2.77. The van der Waals surface area contributed by atoms with Crippen LogP contribution in [-0.4, -0.2) is 18.4 Å². The van der Waals surface area contributed by atoms with E-state index in [1.807, 2.05) is 0 Å². The Labute approximate surface area is 88.5 Å². The molecule has 2 nitrogen and oxygen atoms in total. The number of carbonyl (C=O) groups excluding carboxylic acids is 1. The fraction of sp³-hybridized carbons (Fsp3) is 0.917. The lowest BCUT2D eigenvalue weighted by Gasteiger charge is -2.10. The molecule has 0 aliphatic heterocycles. The molecule has 14 heavy (non-hydrogen) atoms. The molecule has 0 saturated heterocycles. The van der Waals surface area contributed by atoms with E-state index < -0.39 is 0 Å². The summed E-state index contributed by atoms with van der Waals surface area (Å²) in [5.74, 6) is 1.07. The van der Waals surface area contributed by atoms with Crippen LogP contribution >= 0.6 is 0 Å². The normalized spacial score (nSPS) is 13.2. The molecule has 0 aromatic carbocycles. The van der Waals surface area contributed by atoms with Crippen molar-refractivity contribution in [1.29, 1.82) is 0 Å². The molecule has 84 valence electrons. The number of Topliss-reactive ketones (excluding diaryl/α,β-unsaturated/α-hetero) is 1. The molecule has 0 aromatic heterocycles. The maximum Gasteiger partial charge on any atom is 0.146 e. The Morgan fingerprint density at radius 1 is 1.29 bits per heavy atom. The first-order valence-corrected chi connectivity index (χ1v) is 5.81. The van der Waals surface area contributed by atoms with E-state index in [9.17, 15) is 4.79 Å². The van der Waals surface area contributed by atoms with Crippen molar-refractivity contribution >= 4 is 5.78 Å². The van der Waals surface area contributed by atoms with Crippen LogP contribution in [0.3, 0.4) is 0 Å². The second-order valence-corrected chi connectivity index (χ2v) is 4.51. The van der Waals surface area contributed by atoms with Gasteiger partial charge in [-0.25, -0.2) is 0 Å². The maximum atomic E-state index is 11.4. The summed E-state index contributed by atoms with van der Waals surface area (Å²) in [5.41, 5.74) is 0. The van der Waals surface area contributed by atoms with Gasteiger partial charge < -0.3 is 5.32 Å². The van der Waals surface area contributed by atoms with Crippen LogP contribution in [0.5, 0.6) is 0 Å². The van der Waals surface area contributed by atoms with Crippen LogP contribution in [0.25, 0.3) is 0 Å². The minimum Gasteiger partial charge on any atom is -0.308 e. The van der Waals surface area contributed by atoms with Crippen molar-refractivity contribution in [3.63, 3.8) is 0 Å². The van der Waals surface area contributed by atoms with Crippen molar-refractivity contribution in [3.8, 4) is 0 Å². The molecule has 0 spiro atoms. The Balaban J connectivity index is 3.37. The smallest absolute Gasteiger partial charge is 0.146 e. The van der Waals surface area contributed by atoms with E-state index in [0.717, 1.165) is 25.7 Å². The number of hydrogen-bond acceptors (Lipinski definition) is 2. The summed E-state index contributed by atoms with van der Waals surface area (Å²) in [5, 5.41) is 3.22. The van der Waals surface area contributed by atoms with Gasteiger partial charge in [0.2, 0.25) is 0 Å². The Hall–Kier alpha value is -0.370. The zero-order chi connectivity index (χ0) is 11.0. The lowest BCUT2D eigenvalue weighted by atomic mass is 10.0. The van der Waals surface area contributed by atoms with Gasteiger partial charge in [0.25, 0.3) is 0 Å². The molecule has 1 N–H and O–H groups in total. The van der Waals surface area contributed by atoms with Gasteiger partial charge in [-0.3, -0.25) is 4.79 Å². The van der Waals surface area contributed by atoms with E-state index in [1.54, 1.807) is 0 Å². The lowest BCUT2D eigenvalue weighted by molar-refractivity contribution is -0.118. The van der Waals surface area contributed by atoms with Crippen LogP contribution in [0.2, 0.25) is 0 Å². The summed E-state index contributed by atoms with van der Waals surface area (Å²) in [6, 6.07) is 0.462.